The van der Waals surface area contributed by atoms with E-state index in [2.05, 4.69) is 5.32 Å². The molecule has 5 nitrogen and oxygen atoms in total. The lowest BCUT2D eigenvalue weighted by molar-refractivity contribution is -0.116. The van der Waals surface area contributed by atoms with Gasteiger partial charge in [-0.15, -0.1) is 0 Å². The summed E-state index contributed by atoms with van der Waals surface area (Å²) >= 11 is 0. The van der Waals surface area contributed by atoms with E-state index in [9.17, 15) is 9.59 Å². The van der Waals surface area contributed by atoms with Crippen molar-refractivity contribution in [3.8, 4) is 0 Å². The molecule has 26 heavy (non-hydrogen) atoms. The van der Waals surface area contributed by atoms with Gasteiger partial charge in [0, 0.05) is 24.9 Å². The summed E-state index contributed by atoms with van der Waals surface area (Å²) in [5.74, 6) is -0.340. The first-order valence-electron chi connectivity index (χ1n) is 8.77. The number of para-hydroxylation sites is 1. The van der Waals surface area contributed by atoms with E-state index >= 15 is 0 Å². The Labute approximate surface area is 155 Å². The molecule has 2 aromatic rings. The minimum atomic E-state index is -0.197. The molecule has 0 heterocycles. The van der Waals surface area contributed by atoms with Crippen molar-refractivity contribution in [1.82, 2.24) is 4.90 Å². The summed E-state index contributed by atoms with van der Waals surface area (Å²) < 4.78 is 5.08. The molecular formula is C21H26N2O3. The average Bonchev–Trinajstić information content (AvgIpc) is 2.63. The highest BCUT2D eigenvalue weighted by Gasteiger charge is 2.18. The number of benzene rings is 2. The SMILES string of the molecule is CCCN(CC(=O)Nc1ccccc1C)C(=O)c1ccc(COC)cc1. The number of hydrogen-bond acceptors (Lipinski definition) is 3. The van der Waals surface area contributed by atoms with E-state index < -0.39 is 0 Å². The van der Waals surface area contributed by atoms with Crippen molar-refractivity contribution in [2.45, 2.75) is 26.9 Å². The summed E-state index contributed by atoms with van der Waals surface area (Å²) in [7, 11) is 1.63. The van der Waals surface area contributed by atoms with E-state index in [4.69, 9.17) is 4.74 Å². The Hall–Kier alpha value is -2.66. The number of rotatable bonds is 8. The van der Waals surface area contributed by atoms with Crippen molar-refractivity contribution >= 4 is 17.5 Å². The largest absolute Gasteiger partial charge is 0.380 e. The first kappa shape index (κ1) is 19.7. The monoisotopic (exact) mass is 354 g/mol. The molecule has 0 atom stereocenters. The highest BCUT2D eigenvalue weighted by Crippen LogP contribution is 2.14. The van der Waals surface area contributed by atoms with Gasteiger partial charge in [-0.25, -0.2) is 0 Å². The molecule has 5 heteroatoms. The van der Waals surface area contributed by atoms with Crippen molar-refractivity contribution in [1.29, 1.82) is 0 Å². The number of amides is 2. The molecule has 0 unspecified atom stereocenters. The summed E-state index contributed by atoms with van der Waals surface area (Å²) in [5, 5.41) is 2.88. The number of carbonyl (C=O) groups is 2. The van der Waals surface area contributed by atoms with Gasteiger partial charge in [-0.3, -0.25) is 9.59 Å². The molecule has 0 spiro atoms. The third-order valence-electron chi connectivity index (χ3n) is 4.05. The number of nitrogens with zero attached hydrogens (tertiary/aromatic N) is 1. The summed E-state index contributed by atoms with van der Waals surface area (Å²) in [6.07, 6.45) is 0.783. The van der Waals surface area contributed by atoms with Crippen LogP contribution >= 0.6 is 0 Å². The van der Waals surface area contributed by atoms with E-state index in [-0.39, 0.29) is 18.4 Å². The Morgan fingerprint density at radius 1 is 1.08 bits per heavy atom. The minimum absolute atomic E-state index is 0.0286. The maximum Gasteiger partial charge on any atom is 0.254 e. The van der Waals surface area contributed by atoms with Crippen LogP contribution in [-0.2, 0) is 16.1 Å². The Balaban J connectivity index is 2.05. The Morgan fingerprint density at radius 3 is 2.38 bits per heavy atom. The molecule has 0 fully saturated rings. The first-order chi connectivity index (χ1) is 12.5. The average molecular weight is 354 g/mol. The van der Waals surface area contributed by atoms with Crippen LogP contribution in [0.2, 0.25) is 0 Å². The number of anilines is 1. The number of carbonyl (C=O) groups excluding carboxylic acids is 2. The first-order valence-corrected chi connectivity index (χ1v) is 8.77. The Kier molecular flexibility index (Phi) is 7.36. The molecule has 0 aliphatic carbocycles. The van der Waals surface area contributed by atoms with Crippen LogP contribution in [0, 0.1) is 6.92 Å². The summed E-state index contributed by atoms with van der Waals surface area (Å²) in [5.41, 5.74) is 3.33. The summed E-state index contributed by atoms with van der Waals surface area (Å²) in [4.78, 5) is 26.8. The fourth-order valence-corrected chi connectivity index (χ4v) is 2.69. The van der Waals surface area contributed by atoms with Gasteiger partial charge in [0.05, 0.1) is 6.61 Å². The molecule has 0 aromatic heterocycles. The molecule has 2 amide bonds. The highest BCUT2D eigenvalue weighted by atomic mass is 16.5. The van der Waals surface area contributed by atoms with Crippen molar-refractivity contribution in [2.75, 3.05) is 25.5 Å². The molecule has 138 valence electrons. The van der Waals surface area contributed by atoms with Crippen LogP contribution in [0.3, 0.4) is 0 Å². The lowest BCUT2D eigenvalue weighted by Crippen LogP contribution is -2.38. The van der Waals surface area contributed by atoms with Crippen LogP contribution in [-0.4, -0.2) is 36.9 Å². The van der Waals surface area contributed by atoms with Crippen molar-refractivity contribution in [2.24, 2.45) is 0 Å². The van der Waals surface area contributed by atoms with Crippen LogP contribution in [0.4, 0.5) is 5.69 Å². The van der Waals surface area contributed by atoms with Crippen LogP contribution in [0.5, 0.6) is 0 Å². The lowest BCUT2D eigenvalue weighted by atomic mass is 10.1. The van der Waals surface area contributed by atoms with E-state index in [1.165, 1.54) is 0 Å². The van der Waals surface area contributed by atoms with Crippen molar-refractivity contribution in [3.05, 3.63) is 65.2 Å². The molecular weight excluding hydrogens is 328 g/mol. The van der Waals surface area contributed by atoms with E-state index in [0.717, 1.165) is 23.2 Å². The molecule has 0 aliphatic rings. The zero-order chi connectivity index (χ0) is 18.9. The van der Waals surface area contributed by atoms with E-state index in [1.54, 1.807) is 24.1 Å². The topological polar surface area (TPSA) is 58.6 Å². The lowest BCUT2D eigenvalue weighted by Gasteiger charge is -2.22. The third kappa shape index (κ3) is 5.43. The third-order valence-corrected chi connectivity index (χ3v) is 4.05. The van der Waals surface area contributed by atoms with Crippen molar-refractivity contribution in [3.63, 3.8) is 0 Å². The second-order valence-electron chi connectivity index (χ2n) is 6.22. The molecule has 2 aromatic carbocycles. The normalized spacial score (nSPS) is 10.4. The molecule has 0 aliphatic heterocycles. The Morgan fingerprint density at radius 2 is 1.77 bits per heavy atom. The summed E-state index contributed by atoms with van der Waals surface area (Å²) in [6, 6.07) is 14.9. The van der Waals surface area contributed by atoms with Gasteiger partial charge < -0.3 is 15.0 Å². The standard InChI is InChI=1S/C21H26N2O3/c1-4-13-23(14-20(24)22-19-8-6-5-7-16(19)2)21(25)18-11-9-17(10-12-18)15-26-3/h5-12H,4,13-15H2,1-3H3,(H,22,24). The van der Waals surface area contributed by atoms with E-state index in [0.29, 0.717) is 18.7 Å². The van der Waals surface area contributed by atoms with Crippen molar-refractivity contribution < 1.29 is 14.3 Å². The Bertz CT molecular complexity index is 741. The van der Waals surface area contributed by atoms with Gasteiger partial charge in [-0.2, -0.15) is 0 Å². The van der Waals surface area contributed by atoms with Crippen LogP contribution in [0.1, 0.15) is 34.8 Å². The van der Waals surface area contributed by atoms with Gasteiger partial charge in [-0.1, -0.05) is 37.3 Å². The van der Waals surface area contributed by atoms with Crippen LogP contribution in [0.15, 0.2) is 48.5 Å². The molecule has 1 N–H and O–H groups in total. The summed E-state index contributed by atoms with van der Waals surface area (Å²) in [6.45, 7) is 4.99. The highest BCUT2D eigenvalue weighted by molar-refractivity contribution is 5.99. The second-order valence-corrected chi connectivity index (χ2v) is 6.22. The fraction of sp³-hybridized carbons (Fsp3) is 0.333. The molecule has 0 radical (unpaired) electrons. The molecule has 0 saturated carbocycles. The minimum Gasteiger partial charge on any atom is -0.380 e. The maximum absolute atomic E-state index is 12.8. The number of ether oxygens (including phenoxy) is 1. The number of aryl methyl sites for hydroxylation is 1. The molecule has 2 rings (SSSR count). The van der Waals surface area contributed by atoms with Crippen LogP contribution < -0.4 is 5.32 Å². The van der Waals surface area contributed by atoms with E-state index in [1.807, 2.05) is 50.2 Å². The molecule has 0 saturated heterocycles. The zero-order valence-corrected chi connectivity index (χ0v) is 15.6. The van der Waals surface area contributed by atoms with Gasteiger partial charge in [0.25, 0.3) is 5.91 Å². The number of hydrogen-bond donors (Lipinski definition) is 1. The fourth-order valence-electron chi connectivity index (χ4n) is 2.69. The van der Waals surface area contributed by atoms with Gasteiger partial charge in [0.1, 0.15) is 6.54 Å². The number of methoxy groups -OCH3 is 1. The predicted molar refractivity (Wildman–Crippen MR) is 103 cm³/mol. The zero-order valence-electron chi connectivity index (χ0n) is 15.6. The molecule has 0 bridgehead atoms. The van der Waals surface area contributed by atoms with Gasteiger partial charge in [-0.05, 0) is 42.7 Å². The van der Waals surface area contributed by atoms with Gasteiger partial charge in [0.2, 0.25) is 5.91 Å². The van der Waals surface area contributed by atoms with Gasteiger partial charge in [0.15, 0.2) is 0 Å². The smallest absolute Gasteiger partial charge is 0.254 e. The van der Waals surface area contributed by atoms with Gasteiger partial charge >= 0.3 is 0 Å². The second kappa shape index (κ2) is 9.73. The van der Waals surface area contributed by atoms with Crippen LogP contribution in [0.25, 0.3) is 0 Å². The predicted octanol–water partition coefficient (Wildman–Crippen LogP) is 3.63. The maximum atomic E-state index is 12.8. The number of nitrogens with one attached hydrogen (secondary N) is 1. The quantitative estimate of drug-likeness (QED) is 0.787.